The molecule has 0 spiro atoms. The molecule has 0 bridgehead atoms. The largest absolute Gasteiger partial charge is 0.427 e. The zero-order valence-corrected chi connectivity index (χ0v) is 16.4. The lowest BCUT2D eigenvalue weighted by molar-refractivity contribution is 0.0796. The van der Waals surface area contributed by atoms with Gasteiger partial charge in [-0.2, -0.15) is 5.10 Å². The van der Waals surface area contributed by atoms with E-state index in [1.165, 1.54) is 0 Å². The van der Waals surface area contributed by atoms with Crippen molar-refractivity contribution < 1.29 is 13.9 Å². The summed E-state index contributed by atoms with van der Waals surface area (Å²) < 4.78 is 12.6. The highest BCUT2D eigenvalue weighted by molar-refractivity contribution is 6.04. The second-order valence-corrected chi connectivity index (χ2v) is 7.21. The van der Waals surface area contributed by atoms with Crippen LogP contribution in [0, 0.1) is 13.8 Å². The minimum Gasteiger partial charge on any atom is -0.427 e. The lowest BCUT2D eigenvalue weighted by Gasteiger charge is -2.21. The molecule has 1 N–H and O–H groups in total. The van der Waals surface area contributed by atoms with Crippen LogP contribution in [0.3, 0.4) is 0 Å². The Kier molecular flexibility index (Phi) is 5.79. The summed E-state index contributed by atoms with van der Waals surface area (Å²) in [5, 5.41) is 7.26. The Balaban J connectivity index is 1.86. The van der Waals surface area contributed by atoms with E-state index in [9.17, 15) is 9.59 Å². The van der Waals surface area contributed by atoms with Gasteiger partial charge in [0, 0.05) is 25.2 Å². The van der Waals surface area contributed by atoms with Gasteiger partial charge in [0.25, 0.3) is 5.91 Å². The van der Waals surface area contributed by atoms with E-state index < -0.39 is 11.5 Å². The Morgan fingerprint density at radius 2 is 2.04 bits per heavy atom. The Morgan fingerprint density at radius 3 is 2.67 bits per heavy atom. The summed E-state index contributed by atoms with van der Waals surface area (Å²) in [6.45, 7) is 9.05. The van der Waals surface area contributed by atoms with Crippen LogP contribution in [0.5, 0.6) is 0 Å². The van der Waals surface area contributed by atoms with Gasteiger partial charge < -0.3 is 14.5 Å². The highest BCUT2D eigenvalue weighted by Crippen LogP contribution is 2.27. The molecular weight excluding hydrogens is 346 g/mol. The van der Waals surface area contributed by atoms with Crippen LogP contribution < -0.4 is 10.9 Å². The molecule has 7 heteroatoms. The first-order chi connectivity index (χ1) is 12.9. The molecule has 0 aliphatic carbocycles. The Bertz CT molecular complexity index is 878. The third-order valence-electron chi connectivity index (χ3n) is 5.13. The van der Waals surface area contributed by atoms with Crippen LogP contribution in [-0.4, -0.2) is 28.9 Å². The van der Waals surface area contributed by atoms with E-state index in [0.29, 0.717) is 30.4 Å². The lowest BCUT2D eigenvalue weighted by atomic mass is 9.95. The van der Waals surface area contributed by atoms with E-state index >= 15 is 0 Å². The van der Waals surface area contributed by atoms with Gasteiger partial charge in [0.2, 0.25) is 0 Å². The van der Waals surface area contributed by atoms with Crippen molar-refractivity contribution in [3.63, 3.8) is 0 Å². The minimum atomic E-state index is -0.597. The number of aromatic nitrogens is 2. The zero-order valence-electron chi connectivity index (χ0n) is 16.4. The first-order valence-corrected chi connectivity index (χ1v) is 9.50. The van der Waals surface area contributed by atoms with Gasteiger partial charge in [-0.25, -0.2) is 9.48 Å². The lowest BCUT2D eigenvalue weighted by Crippen LogP contribution is -2.25. The highest BCUT2D eigenvalue weighted by atomic mass is 16.5. The SMILES string of the molecule is CCC(C)n1nc(C)cc1NC(=O)c1c(C)cc(C2CCOCC2)oc1=O. The van der Waals surface area contributed by atoms with Gasteiger partial charge in [0.05, 0.1) is 11.7 Å². The number of rotatable bonds is 5. The topological polar surface area (TPSA) is 86.4 Å². The van der Waals surface area contributed by atoms with E-state index in [1.54, 1.807) is 17.7 Å². The van der Waals surface area contributed by atoms with E-state index in [4.69, 9.17) is 9.15 Å². The molecule has 27 heavy (non-hydrogen) atoms. The fourth-order valence-electron chi connectivity index (χ4n) is 3.39. The second-order valence-electron chi connectivity index (χ2n) is 7.21. The van der Waals surface area contributed by atoms with E-state index in [1.807, 2.05) is 19.9 Å². The van der Waals surface area contributed by atoms with Gasteiger partial charge in [-0.1, -0.05) is 6.92 Å². The predicted octanol–water partition coefficient (Wildman–Crippen LogP) is 3.57. The van der Waals surface area contributed by atoms with Crippen molar-refractivity contribution in [2.24, 2.45) is 0 Å². The van der Waals surface area contributed by atoms with Crippen molar-refractivity contribution in [2.45, 2.75) is 58.9 Å². The van der Waals surface area contributed by atoms with Crippen LogP contribution in [0.2, 0.25) is 0 Å². The summed E-state index contributed by atoms with van der Waals surface area (Å²) in [4.78, 5) is 25.3. The number of aryl methyl sites for hydroxylation is 2. The summed E-state index contributed by atoms with van der Waals surface area (Å²) in [6, 6.07) is 3.75. The van der Waals surface area contributed by atoms with Crippen molar-refractivity contribution in [1.29, 1.82) is 0 Å². The van der Waals surface area contributed by atoms with Gasteiger partial charge in [0.1, 0.15) is 17.1 Å². The third-order valence-corrected chi connectivity index (χ3v) is 5.13. The first kappa shape index (κ1) is 19.4. The molecule has 1 fully saturated rings. The van der Waals surface area contributed by atoms with E-state index in [-0.39, 0.29) is 17.5 Å². The molecule has 1 aliphatic rings. The standard InChI is InChI=1S/C20H27N3O4/c1-5-14(4)23-17(11-13(3)22-23)21-19(24)18-12(2)10-16(27-20(18)25)15-6-8-26-9-7-15/h10-11,14-15H,5-9H2,1-4H3,(H,21,24). The number of ether oxygens (including phenoxy) is 1. The maximum absolute atomic E-state index is 12.8. The number of hydrogen-bond donors (Lipinski definition) is 1. The Hall–Kier alpha value is -2.41. The Morgan fingerprint density at radius 1 is 1.33 bits per heavy atom. The highest BCUT2D eigenvalue weighted by Gasteiger charge is 2.24. The second kappa shape index (κ2) is 8.08. The molecular formula is C20H27N3O4. The van der Waals surface area contributed by atoms with Gasteiger partial charge in [0.15, 0.2) is 0 Å². The van der Waals surface area contributed by atoms with Gasteiger partial charge in [-0.15, -0.1) is 0 Å². The molecule has 2 aromatic rings. The molecule has 2 aromatic heterocycles. The van der Waals surface area contributed by atoms with Gasteiger partial charge in [-0.3, -0.25) is 4.79 Å². The molecule has 0 aromatic carbocycles. The summed E-state index contributed by atoms with van der Waals surface area (Å²) in [5.74, 6) is 0.915. The number of nitrogens with zero attached hydrogens (tertiary/aromatic N) is 2. The average molecular weight is 373 g/mol. The van der Waals surface area contributed by atoms with Crippen LogP contribution >= 0.6 is 0 Å². The summed E-state index contributed by atoms with van der Waals surface area (Å²) in [5.41, 5.74) is 0.876. The normalized spacial score (nSPS) is 16.3. The average Bonchev–Trinajstić information content (AvgIpc) is 3.01. The number of anilines is 1. The van der Waals surface area contributed by atoms with E-state index in [0.717, 1.165) is 25.0 Å². The number of nitrogens with one attached hydrogen (secondary N) is 1. The van der Waals surface area contributed by atoms with Gasteiger partial charge >= 0.3 is 5.63 Å². The number of carbonyl (C=O) groups is 1. The first-order valence-electron chi connectivity index (χ1n) is 9.50. The van der Waals surface area contributed by atoms with Gasteiger partial charge in [-0.05, 0) is 51.7 Å². The summed E-state index contributed by atoms with van der Waals surface area (Å²) in [7, 11) is 0. The van der Waals surface area contributed by atoms with Crippen molar-refractivity contribution in [3.05, 3.63) is 45.1 Å². The number of carbonyl (C=O) groups excluding carboxylic acids is 1. The molecule has 3 rings (SSSR count). The van der Waals surface area contributed by atoms with Crippen LogP contribution in [-0.2, 0) is 4.74 Å². The monoisotopic (exact) mass is 373 g/mol. The van der Waals surface area contributed by atoms with E-state index in [2.05, 4.69) is 17.3 Å². The molecule has 1 saturated heterocycles. The number of hydrogen-bond acceptors (Lipinski definition) is 5. The molecule has 1 atom stereocenters. The molecule has 7 nitrogen and oxygen atoms in total. The minimum absolute atomic E-state index is 0.0420. The molecule has 0 saturated carbocycles. The molecule has 3 heterocycles. The fraction of sp³-hybridized carbons (Fsp3) is 0.550. The fourth-order valence-corrected chi connectivity index (χ4v) is 3.39. The van der Waals surface area contributed by atoms with Crippen LogP contribution in [0.25, 0.3) is 0 Å². The van der Waals surface area contributed by atoms with Crippen molar-refractivity contribution in [3.8, 4) is 0 Å². The quantitative estimate of drug-likeness (QED) is 0.866. The smallest absolute Gasteiger partial charge is 0.349 e. The molecule has 1 unspecified atom stereocenters. The van der Waals surface area contributed by atoms with Crippen LogP contribution in [0.4, 0.5) is 5.82 Å². The maximum atomic E-state index is 12.8. The third kappa shape index (κ3) is 4.13. The molecule has 146 valence electrons. The molecule has 1 amide bonds. The maximum Gasteiger partial charge on any atom is 0.349 e. The van der Waals surface area contributed by atoms with Crippen molar-refractivity contribution in [2.75, 3.05) is 18.5 Å². The summed E-state index contributed by atoms with van der Waals surface area (Å²) in [6.07, 6.45) is 2.52. The number of amides is 1. The van der Waals surface area contributed by atoms with Crippen LogP contribution in [0.15, 0.2) is 21.3 Å². The van der Waals surface area contributed by atoms with Crippen molar-refractivity contribution in [1.82, 2.24) is 9.78 Å². The van der Waals surface area contributed by atoms with Crippen LogP contribution in [0.1, 0.15) is 72.4 Å². The summed E-state index contributed by atoms with van der Waals surface area (Å²) >= 11 is 0. The molecule has 0 radical (unpaired) electrons. The molecule has 1 aliphatic heterocycles. The predicted molar refractivity (Wildman–Crippen MR) is 102 cm³/mol. The Labute approximate surface area is 158 Å². The van der Waals surface area contributed by atoms with Crippen molar-refractivity contribution >= 4 is 11.7 Å². The zero-order chi connectivity index (χ0) is 19.6.